The van der Waals surface area contributed by atoms with Crippen molar-refractivity contribution in [1.29, 1.82) is 0 Å². The van der Waals surface area contributed by atoms with E-state index in [2.05, 4.69) is 9.97 Å². The van der Waals surface area contributed by atoms with E-state index in [4.69, 9.17) is 14.2 Å². The molecular formula is C20H27N3O4. The molecule has 2 aromatic rings. The summed E-state index contributed by atoms with van der Waals surface area (Å²) in [4.78, 5) is 23.2. The van der Waals surface area contributed by atoms with Crippen LogP contribution in [0, 0.1) is 0 Å². The predicted molar refractivity (Wildman–Crippen MR) is 102 cm³/mol. The van der Waals surface area contributed by atoms with Crippen LogP contribution >= 0.6 is 0 Å². The number of hydrogen-bond acceptors (Lipinski definition) is 6. The van der Waals surface area contributed by atoms with E-state index in [1.807, 2.05) is 52.0 Å². The Labute approximate surface area is 159 Å². The van der Waals surface area contributed by atoms with Crippen LogP contribution in [-0.4, -0.2) is 52.4 Å². The maximum atomic E-state index is 12.4. The highest BCUT2D eigenvalue weighted by atomic mass is 16.6. The van der Waals surface area contributed by atoms with Crippen molar-refractivity contribution in [3.8, 4) is 11.8 Å². The molecular weight excluding hydrogens is 346 g/mol. The van der Waals surface area contributed by atoms with E-state index in [0.29, 0.717) is 31.5 Å². The van der Waals surface area contributed by atoms with Crippen molar-refractivity contribution >= 4 is 17.1 Å². The fourth-order valence-electron chi connectivity index (χ4n) is 3.04. The van der Waals surface area contributed by atoms with E-state index >= 15 is 0 Å². The Morgan fingerprint density at radius 3 is 2.37 bits per heavy atom. The van der Waals surface area contributed by atoms with Crippen molar-refractivity contribution in [2.24, 2.45) is 0 Å². The van der Waals surface area contributed by atoms with Crippen molar-refractivity contribution in [2.75, 3.05) is 19.8 Å². The smallest absolute Gasteiger partial charge is 0.410 e. The van der Waals surface area contributed by atoms with Crippen LogP contribution in [0.5, 0.6) is 11.8 Å². The number of fused-ring (bicyclic) bond motifs is 1. The lowest BCUT2D eigenvalue weighted by Crippen LogP contribution is -2.42. The normalized spacial score (nSPS) is 17.2. The van der Waals surface area contributed by atoms with E-state index in [9.17, 15) is 4.79 Å². The number of likely N-dealkylation sites (tertiary alicyclic amines) is 1. The van der Waals surface area contributed by atoms with Crippen LogP contribution in [0.1, 0.15) is 40.5 Å². The van der Waals surface area contributed by atoms with Crippen molar-refractivity contribution in [3.05, 3.63) is 24.3 Å². The Morgan fingerprint density at radius 2 is 1.78 bits per heavy atom. The van der Waals surface area contributed by atoms with E-state index in [0.717, 1.165) is 23.9 Å². The van der Waals surface area contributed by atoms with Crippen LogP contribution in [0.25, 0.3) is 11.0 Å². The average Bonchev–Trinajstić information content (AvgIpc) is 3.07. The number of amides is 1. The highest BCUT2D eigenvalue weighted by Crippen LogP contribution is 2.27. The molecule has 1 aliphatic rings. The number of hydrogen-bond donors (Lipinski definition) is 0. The molecule has 1 amide bonds. The highest BCUT2D eigenvalue weighted by Gasteiger charge is 2.33. The van der Waals surface area contributed by atoms with Crippen molar-refractivity contribution < 1.29 is 19.0 Å². The van der Waals surface area contributed by atoms with E-state index in [1.165, 1.54) is 0 Å². The van der Waals surface area contributed by atoms with Gasteiger partial charge in [-0.1, -0.05) is 12.1 Å². The maximum Gasteiger partial charge on any atom is 0.410 e. The third-order valence-corrected chi connectivity index (χ3v) is 4.21. The van der Waals surface area contributed by atoms with Crippen molar-refractivity contribution in [2.45, 2.75) is 52.2 Å². The molecule has 0 aliphatic carbocycles. The number of para-hydroxylation sites is 2. The average molecular weight is 373 g/mol. The van der Waals surface area contributed by atoms with Gasteiger partial charge in [-0.05, 0) is 52.7 Å². The first-order valence-corrected chi connectivity index (χ1v) is 9.39. The molecule has 0 N–H and O–H groups in total. The van der Waals surface area contributed by atoms with Crippen LogP contribution in [0.4, 0.5) is 4.79 Å². The monoisotopic (exact) mass is 373 g/mol. The minimum Gasteiger partial charge on any atom is -0.474 e. The first kappa shape index (κ1) is 19.2. The zero-order valence-electron chi connectivity index (χ0n) is 16.4. The summed E-state index contributed by atoms with van der Waals surface area (Å²) in [6.45, 7) is 8.96. The van der Waals surface area contributed by atoms with Gasteiger partial charge in [0.25, 0.3) is 11.8 Å². The van der Waals surface area contributed by atoms with Gasteiger partial charge in [0.15, 0.2) is 0 Å². The van der Waals surface area contributed by atoms with Gasteiger partial charge in [0, 0.05) is 6.54 Å². The van der Waals surface area contributed by atoms with Gasteiger partial charge in [0.2, 0.25) is 0 Å². The van der Waals surface area contributed by atoms with E-state index in [-0.39, 0.29) is 12.1 Å². The van der Waals surface area contributed by atoms with Crippen LogP contribution in [-0.2, 0) is 4.74 Å². The lowest BCUT2D eigenvalue weighted by atomic mass is 10.2. The van der Waals surface area contributed by atoms with Gasteiger partial charge in [-0.2, -0.15) is 0 Å². The molecule has 7 nitrogen and oxygen atoms in total. The molecule has 1 fully saturated rings. The molecule has 1 aromatic carbocycles. The number of nitrogens with zero attached hydrogens (tertiary/aromatic N) is 3. The summed E-state index contributed by atoms with van der Waals surface area (Å²) < 4.78 is 17.0. The summed E-state index contributed by atoms with van der Waals surface area (Å²) in [5, 5.41) is 0. The highest BCUT2D eigenvalue weighted by molar-refractivity contribution is 5.75. The van der Waals surface area contributed by atoms with E-state index < -0.39 is 5.60 Å². The van der Waals surface area contributed by atoms with Crippen LogP contribution < -0.4 is 9.47 Å². The van der Waals surface area contributed by atoms with Crippen LogP contribution in [0.2, 0.25) is 0 Å². The number of carbonyl (C=O) groups excluding carboxylic acids is 1. The lowest BCUT2D eigenvalue weighted by molar-refractivity contribution is 0.0184. The number of benzene rings is 1. The number of rotatable bonds is 5. The molecule has 2 heterocycles. The molecule has 146 valence electrons. The van der Waals surface area contributed by atoms with Gasteiger partial charge in [0.05, 0.1) is 23.7 Å². The Balaban J connectivity index is 1.73. The van der Waals surface area contributed by atoms with Crippen LogP contribution in [0.3, 0.4) is 0 Å². The molecule has 7 heteroatoms. The lowest BCUT2D eigenvalue weighted by Gasteiger charge is -2.28. The second kappa shape index (κ2) is 7.98. The fourth-order valence-corrected chi connectivity index (χ4v) is 3.04. The molecule has 27 heavy (non-hydrogen) atoms. The second-order valence-electron chi connectivity index (χ2n) is 7.54. The van der Waals surface area contributed by atoms with Gasteiger partial charge < -0.3 is 19.1 Å². The number of aromatic nitrogens is 2. The standard InChI is InChI=1S/C20H27N3O4/c1-5-25-17-18(22-16-11-7-6-10-15(16)21-17)26-13-14-9-8-12-23(14)19(24)27-20(2,3)4/h6-7,10-11,14H,5,8-9,12-13H2,1-4H3/t14-/m0/s1. The molecule has 0 unspecified atom stereocenters. The third kappa shape index (κ3) is 4.78. The SMILES string of the molecule is CCOc1nc2ccccc2nc1OC[C@@H]1CCCN1C(=O)OC(C)(C)C. The van der Waals surface area contributed by atoms with Crippen LogP contribution in [0.15, 0.2) is 24.3 Å². The molecule has 0 bridgehead atoms. The topological polar surface area (TPSA) is 73.8 Å². The zero-order chi connectivity index (χ0) is 19.4. The molecule has 3 rings (SSSR count). The van der Waals surface area contributed by atoms with Gasteiger partial charge in [-0.3, -0.25) is 0 Å². The predicted octanol–water partition coefficient (Wildman–Crippen LogP) is 3.81. The summed E-state index contributed by atoms with van der Waals surface area (Å²) in [7, 11) is 0. The molecule has 0 spiro atoms. The molecule has 1 aromatic heterocycles. The minimum absolute atomic E-state index is 0.0532. The minimum atomic E-state index is -0.517. The summed E-state index contributed by atoms with van der Waals surface area (Å²) in [6.07, 6.45) is 1.49. The van der Waals surface area contributed by atoms with Gasteiger partial charge in [-0.25, -0.2) is 14.8 Å². The van der Waals surface area contributed by atoms with Crippen molar-refractivity contribution in [3.63, 3.8) is 0 Å². The summed E-state index contributed by atoms with van der Waals surface area (Å²) in [5.41, 5.74) is 0.979. The summed E-state index contributed by atoms with van der Waals surface area (Å²) in [6, 6.07) is 7.53. The fraction of sp³-hybridized carbons (Fsp3) is 0.550. The summed E-state index contributed by atoms with van der Waals surface area (Å²) >= 11 is 0. The van der Waals surface area contributed by atoms with E-state index in [1.54, 1.807) is 4.90 Å². The maximum absolute atomic E-state index is 12.4. The quantitative estimate of drug-likeness (QED) is 0.793. The van der Waals surface area contributed by atoms with Gasteiger partial charge in [0.1, 0.15) is 12.2 Å². The second-order valence-corrected chi connectivity index (χ2v) is 7.54. The Bertz CT molecular complexity index is 803. The zero-order valence-corrected chi connectivity index (χ0v) is 16.4. The Morgan fingerprint density at radius 1 is 1.15 bits per heavy atom. The molecule has 1 aliphatic heterocycles. The van der Waals surface area contributed by atoms with Gasteiger partial charge in [-0.15, -0.1) is 0 Å². The Kier molecular flexibility index (Phi) is 5.68. The van der Waals surface area contributed by atoms with Crippen molar-refractivity contribution in [1.82, 2.24) is 14.9 Å². The molecule has 1 atom stereocenters. The third-order valence-electron chi connectivity index (χ3n) is 4.21. The molecule has 1 saturated heterocycles. The summed E-state index contributed by atoms with van der Waals surface area (Å²) in [5.74, 6) is 0.726. The number of ether oxygens (including phenoxy) is 3. The van der Waals surface area contributed by atoms with Gasteiger partial charge >= 0.3 is 6.09 Å². The molecule has 0 radical (unpaired) electrons. The first-order valence-electron chi connectivity index (χ1n) is 9.39. The Hall–Kier alpha value is -2.57. The number of carbonyl (C=O) groups is 1. The largest absolute Gasteiger partial charge is 0.474 e. The molecule has 0 saturated carbocycles. The first-order chi connectivity index (χ1) is 12.9.